The van der Waals surface area contributed by atoms with Crippen molar-refractivity contribution in [2.75, 3.05) is 12.3 Å². The second-order valence-corrected chi connectivity index (χ2v) is 8.92. The van der Waals surface area contributed by atoms with Crippen LogP contribution in [0.4, 0.5) is 0 Å². The summed E-state index contributed by atoms with van der Waals surface area (Å²) >= 11 is 3.04. The summed E-state index contributed by atoms with van der Waals surface area (Å²) in [4.78, 5) is 21.0. The Kier molecular flexibility index (Phi) is 5.64. The Balaban J connectivity index is 1.30. The van der Waals surface area contributed by atoms with Crippen molar-refractivity contribution >= 4 is 29.0 Å². The van der Waals surface area contributed by atoms with Crippen LogP contribution in [-0.2, 0) is 11.2 Å². The molecule has 0 fully saturated rings. The fourth-order valence-electron chi connectivity index (χ4n) is 3.04. The first-order chi connectivity index (χ1) is 13.6. The van der Waals surface area contributed by atoms with E-state index >= 15 is 0 Å². The lowest BCUT2D eigenvalue weighted by Gasteiger charge is -2.11. The summed E-state index contributed by atoms with van der Waals surface area (Å²) in [5.74, 6) is 1.26. The van der Waals surface area contributed by atoms with Gasteiger partial charge in [-0.15, -0.1) is 11.3 Å². The highest BCUT2D eigenvalue weighted by Gasteiger charge is 2.24. The molecule has 3 heterocycles. The maximum absolute atomic E-state index is 12.1. The Morgan fingerprint density at radius 2 is 2.21 bits per heavy atom. The third-order valence-electron chi connectivity index (χ3n) is 4.46. The Morgan fingerprint density at radius 3 is 2.96 bits per heavy atom. The third-order valence-corrected chi connectivity index (χ3v) is 6.60. The van der Waals surface area contributed by atoms with Gasteiger partial charge in [0.1, 0.15) is 11.9 Å². The number of benzene rings is 1. The number of hydrogen-bond acceptors (Lipinski definition) is 6. The summed E-state index contributed by atoms with van der Waals surface area (Å²) in [6, 6.07) is 10.3. The van der Waals surface area contributed by atoms with Crippen molar-refractivity contribution in [1.82, 2.24) is 15.3 Å². The Morgan fingerprint density at radius 1 is 1.32 bits per heavy atom. The molecule has 0 saturated heterocycles. The summed E-state index contributed by atoms with van der Waals surface area (Å²) < 4.78 is 6.91. The number of fused-ring (bicyclic) bond motifs is 1. The van der Waals surface area contributed by atoms with Crippen LogP contribution in [0.3, 0.4) is 0 Å². The van der Waals surface area contributed by atoms with Crippen LogP contribution >= 0.6 is 23.1 Å². The zero-order valence-corrected chi connectivity index (χ0v) is 17.4. The summed E-state index contributed by atoms with van der Waals surface area (Å²) in [6.45, 7) is 4.49. The monoisotopic (exact) mass is 411 g/mol. The van der Waals surface area contributed by atoms with E-state index in [2.05, 4.69) is 27.4 Å². The van der Waals surface area contributed by atoms with Gasteiger partial charge in [0.2, 0.25) is 5.91 Å². The average molecular weight is 412 g/mol. The molecule has 4 rings (SSSR count). The highest BCUT2D eigenvalue weighted by Crippen LogP contribution is 2.32. The molecule has 28 heavy (non-hydrogen) atoms. The fraction of sp³-hybridized carbons (Fsp3) is 0.286. The van der Waals surface area contributed by atoms with E-state index < -0.39 is 0 Å². The summed E-state index contributed by atoms with van der Waals surface area (Å²) in [6.07, 6.45) is 2.63. The van der Waals surface area contributed by atoms with Crippen molar-refractivity contribution in [3.63, 3.8) is 0 Å². The normalized spacial score (nSPS) is 15.1. The smallest absolute Gasteiger partial charge is 0.230 e. The van der Waals surface area contributed by atoms with Gasteiger partial charge in [-0.1, -0.05) is 17.8 Å². The van der Waals surface area contributed by atoms with Crippen molar-refractivity contribution in [3.8, 4) is 17.0 Å². The number of ether oxygens (including phenoxy) is 1. The minimum atomic E-state index is -0.0349. The number of aromatic nitrogens is 2. The Hall–Kier alpha value is -2.38. The maximum atomic E-state index is 12.1. The third kappa shape index (κ3) is 4.54. The van der Waals surface area contributed by atoms with E-state index in [4.69, 9.17) is 4.74 Å². The predicted molar refractivity (Wildman–Crippen MR) is 113 cm³/mol. The number of carbonyl (C=O) groups excluding carboxylic acids is 1. The van der Waals surface area contributed by atoms with E-state index in [9.17, 15) is 4.79 Å². The van der Waals surface area contributed by atoms with E-state index in [0.717, 1.165) is 44.6 Å². The molecule has 2 aromatic heterocycles. The maximum Gasteiger partial charge on any atom is 0.230 e. The van der Waals surface area contributed by atoms with Gasteiger partial charge in [0.05, 0.1) is 18.0 Å². The lowest BCUT2D eigenvalue weighted by Crippen LogP contribution is -2.35. The number of nitrogens with zero attached hydrogens (tertiary/aromatic N) is 2. The molecule has 1 amide bonds. The number of hydrogen-bond donors (Lipinski definition) is 1. The van der Waals surface area contributed by atoms with Gasteiger partial charge in [-0.25, -0.2) is 4.98 Å². The average Bonchev–Trinajstić information content (AvgIpc) is 3.30. The van der Waals surface area contributed by atoms with Gasteiger partial charge in [-0.05, 0) is 49.2 Å². The lowest BCUT2D eigenvalue weighted by molar-refractivity contribution is -0.118. The van der Waals surface area contributed by atoms with E-state index in [0.29, 0.717) is 12.3 Å². The molecule has 1 aromatic carbocycles. The molecule has 0 aliphatic carbocycles. The predicted octanol–water partition coefficient (Wildman–Crippen LogP) is 4.03. The number of thiazole rings is 1. The number of nitrogens with one attached hydrogen (secondary N) is 1. The van der Waals surface area contributed by atoms with Gasteiger partial charge in [0, 0.05) is 29.3 Å². The second-order valence-electron chi connectivity index (χ2n) is 6.83. The van der Waals surface area contributed by atoms with Crippen LogP contribution in [0.5, 0.6) is 5.75 Å². The first-order valence-corrected chi connectivity index (χ1v) is 11.0. The molecule has 1 atom stereocenters. The number of pyridine rings is 1. The summed E-state index contributed by atoms with van der Waals surface area (Å²) in [5, 5.41) is 4.96. The zero-order valence-electron chi connectivity index (χ0n) is 15.8. The molecular formula is C21H21N3O2S2. The number of carbonyl (C=O) groups is 1. The first-order valence-electron chi connectivity index (χ1n) is 9.11. The van der Waals surface area contributed by atoms with Gasteiger partial charge in [0.25, 0.3) is 0 Å². The standard InChI is InChI=1S/C21H21N3O2S2/c1-13-3-5-18(22-9-13)15-4-6-19-16(7-15)8-17(26-19)10-23-20(25)12-28-21-24-14(2)11-27-21/h3-7,9,11,17H,8,10,12H2,1-2H3,(H,23,25). The van der Waals surface area contributed by atoms with Gasteiger partial charge in [-0.2, -0.15) is 0 Å². The second kappa shape index (κ2) is 8.32. The minimum absolute atomic E-state index is 0.00181. The van der Waals surface area contributed by atoms with Gasteiger partial charge in [0.15, 0.2) is 4.34 Å². The quantitative estimate of drug-likeness (QED) is 0.621. The molecule has 0 saturated carbocycles. The van der Waals surface area contributed by atoms with Crippen LogP contribution in [0.25, 0.3) is 11.3 Å². The molecule has 3 aromatic rings. The molecule has 144 valence electrons. The lowest BCUT2D eigenvalue weighted by atomic mass is 10.0. The number of thioether (sulfide) groups is 1. The highest BCUT2D eigenvalue weighted by molar-refractivity contribution is 8.01. The largest absolute Gasteiger partial charge is 0.488 e. The van der Waals surface area contributed by atoms with E-state index in [1.807, 2.05) is 43.6 Å². The SMILES string of the molecule is Cc1ccc(-c2ccc3c(c2)CC(CNC(=O)CSc2nc(C)cs2)O3)nc1. The van der Waals surface area contributed by atoms with Crippen LogP contribution < -0.4 is 10.1 Å². The Bertz CT molecular complexity index is 986. The summed E-state index contributed by atoms with van der Waals surface area (Å²) in [7, 11) is 0. The fourth-order valence-corrected chi connectivity index (χ4v) is 4.72. The van der Waals surface area contributed by atoms with E-state index in [1.54, 1.807) is 11.3 Å². The molecule has 1 unspecified atom stereocenters. The van der Waals surface area contributed by atoms with Crippen LogP contribution in [0, 0.1) is 13.8 Å². The minimum Gasteiger partial charge on any atom is -0.488 e. The van der Waals surface area contributed by atoms with Crippen LogP contribution in [0.1, 0.15) is 16.8 Å². The number of rotatable bonds is 6. The van der Waals surface area contributed by atoms with Crippen molar-refractivity contribution in [2.24, 2.45) is 0 Å². The molecule has 5 nitrogen and oxygen atoms in total. The number of amides is 1. The van der Waals surface area contributed by atoms with Gasteiger partial charge >= 0.3 is 0 Å². The first kappa shape index (κ1) is 19.0. The molecule has 1 aliphatic heterocycles. The topological polar surface area (TPSA) is 64.1 Å². The van der Waals surface area contributed by atoms with Gasteiger partial charge in [-0.3, -0.25) is 9.78 Å². The molecule has 1 aliphatic rings. The molecule has 1 N–H and O–H groups in total. The van der Waals surface area contributed by atoms with E-state index in [1.165, 1.54) is 11.8 Å². The van der Waals surface area contributed by atoms with Crippen molar-refractivity contribution in [1.29, 1.82) is 0 Å². The van der Waals surface area contributed by atoms with Gasteiger partial charge < -0.3 is 10.1 Å². The van der Waals surface area contributed by atoms with Crippen molar-refractivity contribution in [3.05, 3.63) is 58.7 Å². The van der Waals surface area contributed by atoms with Crippen LogP contribution in [0.2, 0.25) is 0 Å². The summed E-state index contributed by atoms with van der Waals surface area (Å²) in [5.41, 5.74) is 5.34. The molecule has 0 radical (unpaired) electrons. The zero-order chi connectivity index (χ0) is 19.5. The number of aryl methyl sites for hydroxylation is 2. The van der Waals surface area contributed by atoms with E-state index in [-0.39, 0.29) is 12.0 Å². The molecule has 7 heteroatoms. The highest BCUT2D eigenvalue weighted by atomic mass is 32.2. The van der Waals surface area contributed by atoms with Crippen LogP contribution in [0.15, 0.2) is 46.2 Å². The Labute approximate surface area is 172 Å². The van der Waals surface area contributed by atoms with Crippen molar-refractivity contribution in [2.45, 2.75) is 30.7 Å². The molecule has 0 spiro atoms. The van der Waals surface area contributed by atoms with Crippen molar-refractivity contribution < 1.29 is 9.53 Å². The molecule has 0 bridgehead atoms. The molecular weight excluding hydrogens is 390 g/mol. The van der Waals surface area contributed by atoms with Crippen LogP contribution in [-0.4, -0.2) is 34.3 Å².